The van der Waals surface area contributed by atoms with Crippen molar-refractivity contribution in [3.05, 3.63) is 17.5 Å². The van der Waals surface area contributed by atoms with Crippen LogP contribution in [0.4, 0.5) is 0 Å². The molecule has 0 aliphatic carbocycles. The van der Waals surface area contributed by atoms with Gasteiger partial charge < -0.3 is 4.52 Å². The topological polar surface area (TPSA) is 29.3 Å². The first-order chi connectivity index (χ1) is 6.16. The lowest BCUT2D eigenvalue weighted by molar-refractivity contribution is 0.251. The highest BCUT2D eigenvalue weighted by Gasteiger charge is 2.30. The van der Waals surface area contributed by atoms with Gasteiger partial charge in [-0.3, -0.25) is 4.90 Å². The zero-order valence-electron chi connectivity index (χ0n) is 8.86. The molecule has 0 bridgehead atoms. The maximum Gasteiger partial charge on any atom is 0.154 e. The molecule has 1 fully saturated rings. The van der Waals surface area contributed by atoms with E-state index in [0.29, 0.717) is 6.04 Å². The Bertz CT molecular complexity index is 300. The van der Waals surface area contributed by atoms with Crippen LogP contribution in [0.1, 0.15) is 30.8 Å². The monoisotopic (exact) mass is 216 g/mol. The third kappa shape index (κ3) is 2.10. The first kappa shape index (κ1) is 11.5. The van der Waals surface area contributed by atoms with Gasteiger partial charge in [0.2, 0.25) is 0 Å². The molecule has 0 aromatic carbocycles. The van der Waals surface area contributed by atoms with Gasteiger partial charge in [-0.25, -0.2) is 0 Å². The summed E-state index contributed by atoms with van der Waals surface area (Å²) >= 11 is 0. The fraction of sp³-hybridized carbons (Fsp3) is 0.700. The van der Waals surface area contributed by atoms with Gasteiger partial charge in [-0.05, 0) is 26.3 Å². The van der Waals surface area contributed by atoms with E-state index in [0.717, 1.165) is 23.9 Å². The van der Waals surface area contributed by atoms with E-state index in [2.05, 4.69) is 24.0 Å². The van der Waals surface area contributed by atoms with Gasteiger partial charge in [0.25, 0.3) is 0 Å². The molecule has 1 saturated heterocycles. The summed E-state index contributed by atoms with van der Waals surface area (Å²) in [6, 6.07) is 2.48. The van der Waals surface area contributed by atoms with Crippen LogP contribution in [0.15, 0.2) is 10.6 Å². The summed E-state index contributed by atoms with van der Waals surface area (Å²) in [6.45, 7) is 5.40. The van der Waals surface area contributed by atoms with Crippen LogP contribution in [0.5, 0.6) is 0 Å². The minimum Gasteiger partial charge on any atom is -0.359 e. The third-order valence-electron chi connectivity index (χ3n) is 2.73. The predicted molar refractivity (Wildman–Crippen MR) is 57.6 cm³/mol. The summed E-state index contributed by atoms with van der Waals surface area (Å²) in [6.07, 6.45) is 1.19. The molecule has 0 unspecified atom stereocenters. The Morgan fingerprint density at radius 3 is 2.71 bits per heavy atom. The maximum atomic E-state index is 5.28. The fourth-order valence-electron chi connectivity index (χ4n) is 2.13. The van der Waals surface area contributed by atoms with Gasteiger partial charge in [-0.1, -0.05) is 12.1 Å². The van der Waals surface area contributed by atoms with Gasteiger partial charge >= 0.3 is 0 Å². The van der Waals surface area contributed by atoms with Crippen LogP contribution in [0.25, 0.3) is 0 Å². The second-order valence-electron chi connectivity index (χ2n) is 4.17. The van der Waals surface area contributed by atoms with Crippen LogP contribution in [-0.2, 0) is 0 Å². The second kappa shape index (κ2) is 4.32. The summed E-state index contributed by atoms with van der Waals surface area (Å²) in [5.74, 6) is 1.78. The van der Waals surface area contributed by atoms with E-state index in [-0.39, 0.29) is 12.4 Å². The molecule has 14 heavy (non-hydrogen) atoms. The average Bonchev–Trinajstić information content (AvgIpc) is 2.58. The van der Waals surface area contributed by atoms with E-state index in [4.69, 9.17) is 4.52 Å². The molecule has 2 heterocycles. The lowest BCUT2D eigenvalue weighted by Crippen LogP contribution is -2.17. The molecular formula is C10H17ClN2O. The van der Waals surface area contributed by atoms with E-state index in [9.17, 15) is 0 Å². The molecule has 0 amide bonds. The Balaban J connectivity index is 0.000000980. The molecule has 0 radical (unpaired) electrons. The number of likely N-dealkylation sites (tertiary alicyclic amines) is 1. The van der Waals surface area contributed by atoms with Crippen LogP contribution in [0, 0.1) is 12.8 Å². The van der Waals surface area contributed by atoms with Crippen molar-refractivity contribution >= 4 is 12.4 Å². The second-order valence-corrected chi connectivity index (χ2v) is 4.17. The van der Waals surface area contributed by atoms with Crippen LogP contribution >= 0.6 is 12.4 Å². The largest absolute Gasteiger partial charge is 0.359 e. The summed E-state index contributed by atoms with van der Waals surface area (Å²) in [5.41, 5.74) is 0.975. The molecule has 1 aromatic rings. The molecule has 1 aliphatic heterocycles. The molecule has 0 saturated carbocycles. The molecule has 0 N–H and O–H groups in total. The maximum absolute atomic E-state index is 5.28. The highest BCUT2D eigenvalue weighted by Crippen LogP contribution is 2.33. The summed E-state index contributed by atoms with van der Waals surface area (Å²) in [4.78, 5) is 2.34. The fourth-order valence-corrected chi connectivity index (χ4v) is 2.13. The van der Waals surface area contributed by atoms with Gasteiger partial charge in [0.05, 0.1) is 11.7 Å². The number of rotatable bonds is 1. The zero-order chi connectivity index (χ0) is 9.42. The van der Waals surface area contributed by atoms with Crippen molar-refractivity contribution in [2.75, 3.05) is 13.6 Å². The molecule has 2 atom stereocenters. The van der Waals surface area contributed by atoms with Crippen molar-refractivity contribution in [1.82, 2.24) is 10.1 Å². The Morgan fingerprint density at radius 2 is 2.29 bits per heavy atom. The number of hydrogen-bond donors (Lipinski definition) is 0. The Kier molecular flexibility index (Phi) is 3.56. The first-order valence-electron chi connectivity index (χ1n) is 4.80. The Hall–Kier alpha value is -0.540. The number of nitrogens with zero attached hydrogens (tertiary/aromatic N) is 2. The van der Waals surface area contributed by atoms with Crippen molar-refractivity contribution in [1.29, 1.82) is 0 Å². The Labute approximate surface area is 90.9 Å². The molecule has 1 aliphatic rings. The number of aryl methyl sites for hydroxylation is 1. The van der Waals surface area contributed by atoms with Crippen molar-refractivity contribution < 1.29 is 4.52 Å². The predicted octanol–water partition coefficient (Wildman–Crippen LogP) is 2.42. The van der Waals surface area contributed by atoms with Gasteiger partial charge in [0.15, 0.2) is 5.76 Å². The highest BCUT2D eigenvalue weighted by atomic mass is 35.5. The van der Waals surface area contributed by atoms with Crippen LogP contribution in [-0.4, -0.2) is 23.6 Å². The molecule has 2 rings (SSSR count). The summed E-state index contributed by atoms with van der Waals surface area (Å²) in [7, 11) is 2.14. The molecule has 0 spiro atoms. The average molecular weight is 217 g/mol. The van der Waals surface area contributed by atoms with E-state index in [1.54, 1.807) is 0 Å². The Morgan fingerprint density at radius 1 is 1.57 bits per heavy atom. The van der Waals surface area contributed by atoms with Crippen molar-refractivity contribution in [3.8, 4) is 0 Å². The van der Waals surface area contributed by atoms with Crippen molar-refractivity contribution in [2.45, 2.75) is 26.3 Å². The quantitative estimate of drug-likeness (QED) is 0.722. The van der Waals surface area contributed by atoms with E-state index in [1.165, 1.54) is 6.42 Å². The van der Waals surface area contributed by atoms with Crippen molar-refractivity contribution in [2.24, 2.45) is 5.92 Å². The summed E-state index contributed by atoms with van der Waals surface area (Å²) < 4.78 is 5.28. The smallest absolute Gasteiger partial charge is 0.154 e. The van der Waals surface area contributed by atoms with Gasteiger partial charge in [0.1, 0.15) is 0 Å². The minimum atomic E-state index is 0. The molecule has 80 valence electrons. The normalized spacial score (nSPS) is 27.6. The minimum absolute atomic E-state index is 0. The number of hydrogen-bond acceptors (Lipinski definition) is 3. The molecular weight excluding hydrogens is 200 g/mol. The molecule has 1 aromatic heterocycles. The third-order valence-corrected chi connectivity index (χ3v) is 2.73. The number of halogens is 1. The van der Waals surface area contributed by atoms with Crippen LogP contribution in [0.3, 0.4) is 0 Å². The number of aromatic nitrogens is 1. The summed E-state index contributed by atoms with van der Waals surface area (Å²) in [5, 5.41) is 3.92. The van der Waals surface area contributed by atoms with E-state index >= 15 is 0 Å². The SMILES string of the molecule is Cc1cc([C@@H]2C[C@@H](C)CN2C)on1.Cl. The first-order valence-corrected chi connectivity index (χ1v) is 4.80. The van der Waals surface area contributed by atoms with Gasteiger partial charge in [-0.15, -0.1) is 12.4 Å². The lowest BCUT2D eigenvalue weighted by Gasteiger charge is -2.15. The standard InChI is InChI=1S/C10H16N2O.ClH/c1-7-4-9(12(3)6-7)10-5-8(2)11-13-10;/h5,7,9H,4,6H2,1-3H3;1H/t7-,9+;/m1./s1. The molecule has 4 heteroatoms. The zero-order valence-corrected chi connectivity index (χ0v) is 9.67. The van der Waals surface area contributed by atoms with Gasteiger partial charge in [-0.2, -0.15) is 0 Å². The van der Waals surface area contributed by atoms with E-state index in [1.807, 2.05) is 13.0 Å². The highest BCUT2D eigenvalue weighted by molar-refractivity contribution is 5.85. The molecule has 3 nitrogen and oxygen atoms in total. The van der Waals surface area contributed by atoms with Gasteiger partial charge in [0, 0.05) is 12.6 Å². The van der Waals surface area contributed by atoms with E-state index < -0.39 is 0 Å². The lowest BCUT2D eigenvalue weighted by atomic mass is 10.1. The van der Waals surface area contributed by atoms with Crippen LogP contribution in [0.2, 0.25) is 0 Å². The van der Waals surface area contributed by atoms with Crippen molar-refractivity contribution in [3.63, 3.8) is 0 Å². The van der Waals surface area contributed by atoms with Crippen LogP contribution < -0.4 is 0 Å².